The largest absolute Gasteiger partial charge is 0.494 e. The van der Waals surface area contributed by atoms with E-state index in [0.717, 1.165) is 10.5 Å². The number of amides is 1. The van der Waals surface area contributed by atoms with Crippen LogP contribution < -0.4 is 15.0 Å². The highest BCUT2D eigenvalue weighted by Gasteiger charge is 2.13. The SMILES string of the molecule is COc1ccc(C[NH+](C)CC(=O)Nc2ccc([N+](=O)[O-])cc2)cc1F. The Morgan fingerprint density at radius 2 is 1.96 bits per heavy atom. The highest BCUT2D eigenvalue weighted by Crippen LogP contribution is 2.17. The average Bonchev–Trinajstić information content (AvgIpc) is 2.55. The molecule has 8 heteroatoms. The number of ether oxygens (including phenoxy) is 1. The quantitative estimate of drug-likeness (QED) is 0.585. The number of halogens is 1. The van der Waals surface area contributed by atoms with E-state index in [0.29, 0.717) is 12.2 Å². The molecular weight excluding hydrogens is 329 g/mol. The fraction of sp³-hybridized carbons (Fsp3) is 0.235. The topological polar surface area (TPSA) is 85.9 Å². The molecule has 0 fully saturated rings. The van der Waals surface area contributed by atoms with Gasteiger partial charge in [0.15, 0.2) is 18.1 Å². The van der Waals surface area contributed by atoms with Crippen molar-refractivity contribution in [1.29, 1.82) is 0 Å². The molecular formula is C17H19FN3O4+. The van der Waals surface area contributed by atoms with E-state index in [-0.39, 0.29) is 23.9 Å². The molecule has 1 unspecified atom stereocenters. The Bertz CT molecular complexity index is 765. The predicted octanol–water partition coefficient (Wildman–Crippen LogP) is 1.40. The van der Waals surface area contributed by atoms with Crippen molar-refractivity contribution in [3.8, 4) is 5.75 Å². The summed E-state index contributed by atoms with van der Waals surface area (Å²) in [5.41, 5.74) is 1.19. The van der Waals surface area contributed by atoms with E-state index in [2.05, 4.69) is 5.32 Å². The zero-order chi connectivity index (χ0) is 18.4. The van der Waals surface area contributed by atoms with Crippen molar-refractivity contribution in [2.24, 2.45) is 0 Å². The Hall–Kier alpha value is -3.00. The minimum atomic E-state index is -0.502. The maximum absolute atomic E-state index is 13.7. The number of nitrogens with one attached hydrogen (secondary N) is 2. The minimum Gasteiger partial charge on any atom is -0.494 e. The molecule has 1 amide bonds. The highest BCUT2D eigenvalue weighted by atomic mass is 19.1. The summed E-state index contributed by atoms with van der Waals surface area (Å²) < 4.78 is 18.5. The third-order valence-corrected chi connectivity index (χ3v) is 3.55. The Labute approximate surface area is 144 Å². The lowest BCUT2D eigenvalue weighted by molar-refractivity contribution is -0.885. The molecule has 0 saturated carbocycles. The maximum Gasteiger partial charge on any atom is 0.279 e. The van der Waals surface area contributed by atoms with E-state index < -0.39 is 10.7 Å². The van der Waals surface area contributed by atoms with Crippen LogP contribution in [-0.4, -0.2) is 31.5 Å². The van der Waals surface area contributed by atoms with E-state index in [1.807, 2.05) is 7.05 Å². The maximum atomic E-state index is 13.7. The van der Waals surface area contributed by atoms with Crippen molar-refractivity contribution in [2.45, 2.75) is 6.54 Å². The van der Waals surface area contributed by atoms with Gasteiger partial charge in [0.2, 0.25) is 0 Å². The summed E-state index contributed by atoms with van der Waals surface area (Å²) in [6.07, 6.45) is 0. The molecule has 0 spiro atoms. The number of methoxy groups -OCH3 is 1. The first kappa shape index (κ1) is 18.3. The number of quaternary nitrogens is 1. The Balaban J connectivity index is 1.89. The number of nitro benzene ring substituents is 1. The van der Waals surface area contributed by atoms with Crippen molar-refractivity contribution >= 4 is 17.3 Å². The Kier molecular flexibility index (Phi) is 6.02. The van der Waals surface area contributed by atoms with Gasteiger partial charge in [-0.3, -0.25) is 14.9 Å². The lowest BCUT2D eigenvalue weighted by Crippen LogP contribution is -3.08. The van der Waals surface area contributed by atoms with Crippen LogP contribution in [0.5, 0.6) is 5.75 Å². The van der Waals surface area contributed by atoms with Crippen molar-refractivity contribution in [3.05, 3.63) is 64.0 Å². The monoisotopic (exact) mass is 348 g/mol. The fourth-order valence-corrected chi connectivity index (χ4v) is 2.38. The van der Waals surface area contributed by atoms with Crippen LogP contribution in [0.3, 0.4) is 0 Å². The van der Waals surface area contributed by atoms with Gasteiger partial charge in [0.25, 0.3) is 11.6 Å². The number of carbonyl (C=O) groups is 1. The van der Waals surface area contributed by atoms with Crippen LogP contribution in [0.15, 0.2) is 42.5 Å². The molecule has 7 nitrogen and oxygen atoms in total. The van der Waals surface area contributed by atoms with Gasteiger partial charge in [0.1, 0.15) is 6.54 Å². The van der Waals surface area contributed by atoms with Crippen LogP contribution in [-0.2, 0) is 11.3 Å². The van der Waals surface area contributed by atoms with Crippen molar-refractivity contribution < 1.29 is 23.7 Å². The number of hydrogen-bond donors (Lipinski definition) is 2. The van der Waals surface area contributed by atoms with Gasteiger partial charge < -0.3 is 15.0 Å². The summed E-state index contributed by atoms with van der Waals surface area (Å²) in [4.78, 5) is 23.0. The smallest absolute Gasteiger partial charge is 0.279 e. The van der Waals surface area contributed by atoms with E-state index in [4.69, 9.17) is 4.74 Å². The molecule has 25 heavy (non-hydrogen) atoms. The van der Waals surface area contributed by atoms with E-state index in [9.17, 15) is 19.3 Å². The Morgan fingerprint density at radius 3 is 2.52 bits per heavy atom. The first-order valence-electron chi connectivity index (χ1n) is 7.57. The summed E-state index contributed by atoms with van der Waals surface area (Å²) >= 11 is 0. The second-order valence-corrected chi connectivity index (χ2v) is 5.63. The number of nitro groups is 1. The molecule has 2 aromatic rings. The van der Waals surface area contributed by atoms with Crippen LogP contribution in [0.4, 0.5) is 15.8 Å². The lowest BCUT2D eigenvalue weighted by atomic mass is 10.2. The van der Waals surface area contributed by atoms with E-state index in [1.165, 1.54) is 37.4 Å². The molecule has 132 valence electrons. The highest BCUT2D eigenvalue weighted by molar-refractivity contribution is 5.91. The molecule has 0 radical (unpaired) electrons. The average molecular weight is 348 g/mol. The number of anilines is 1. The molecule has 0 heterocycles. The number of rotatable bonds is 7. The molecule has 2 aromatic carbocycles. The number of benzene rings is 2. The molecule has 0 aromatic heterocycles. The molecule has 0 aliphatic rings. The number of carbonyl (C=O) groups excluding carboxylic acids is 1. The second kappa shape index (κ2) is 8.20. The summed E-state index contributed by atoms with van der Waals surface area (Å²) in [7, 11) is 3.22. The van der Waals surface area contributed by atoms with E-state index >= 15 is 0 Å². The number of nitrogens with zero attached hydrogens (tertiary/aromatic N) is 1. The molecule has 2 rings (SSSR count). The summed E-state index contributed by atoms with van der Waals surface area (Å²) in [5, 5.41) is 13.3. The van der Waals surface area contributed by atoms with Gasteiger partial charge in [-0.15, -0.1) is 0 Å². The van der Waals surface area contributed by atoms with Gasteiger partial charge in [0, 0.05) is 23.4 Å². The zero-order valence-corrected chi connectivity index (χ0v) is 13.9. The van der Waals surface area contributed by atoms with Gasteiger partial charge >= 0.3 is 0 Å². The van der Waals surface area contributed by atoms with Crippen LogP contribution >= 0.6 is 0 Å². The van der Waals surface area contributed by atoms with Gasteiger partial charge in [-0.05, 0) is 30.3 Å². The van der Waals surface area contributed by atoms with Gasteiger partial charge in [-0.25, -0.2) is 4.39 Å². The molecule has 0 bridgehead atoms. The molecule has 0 aliphatic carbocycles. The molecule has 2 N–H and O–H groups in total. The number of likely N-dealkylation sites (N-methyl/N-ethyl adjacent to an activating group) is 1. The molecule has 1 atom stereocenters. The normalized spacial score (nSPS) is 11.6. The van der Waals surface area contributed by atoms with E-state index in [1.54, 1.807) is 12.1 Å². The second-order valence-electron chi connectivity index (χ2n) is 5.63. The zero-order valence-electron chi connectivity index (χ0n) is 13.9. The standard InChI is InChI=1S/C17H18FN3O4/c1-20(10-12-3-8-16(25-2)15(18)9-12)11-17(22)19-13-4-6-14(7-5-13)21(23)24/h3-9H,10-11H2,1-2H3,(H,19,22)/p+1. The predicted molar refractivity (Wildman–Crippen MR) is 90.1 cm³/mol. The number of non-ortho nitro benzene ring substituents is 1. The molecule has 0 saturated heterocycles. The van der Waals surface area contributed by atoms with Crippen LogP contribution in [0, 0.1) is 15.9 Å². The fourth-order valence-electron chi connectivity index (χ4n) is 2.38. The van der Waals surface area contributed by atoms with Crippen LogP contribution in [0.2, 0.25) is 0 Å². The van der Waals surface area contributed by atoms with Crippen molar-refractivity contribution in [3.63, 3.8) is 0 Å². The first-order chi connectivity index (χ1) is 11.9. The summed E-state index contributed by atoms with van der Waals surface area (Å²) in [6.45, 7) is 0.638. The van der Waals surface area contributed by atoms with Gasteiger partial charge in [-0.1, -0.05) is 0 Å². The summed E-state index contributed by atoms with van der Waals surface area (Å²) in [5.74, 6) is -0.499. The van der Waals surface area contributed by atoms with Crippen molar-refractivity contribution in [2.75, 3.05) is 26.0 Å². The minimum absolute atomic E-state index is 0.0396. The lowest BCUT2D eigenvalue weighted by Gasteiger charge is -2.14. The third kappa shape index (κ3) is 5.25. The van der Waals surface area contributed by atoms with Crippen LogP contribution in [0.25, 0.3) is 0 Å². The molecule has 0 aliphatic heterocycles. The van der Waals surface area contributed by atoms with Gasteiger partial charge in [0.05, 0.1) is 19.1 Å². The summed E-state index contributed by atoms with van der Waals surface area (Å²) in [6, 6.07) is 10.3. The van der Waals surface area contributed by atoms with Crippen LogP contribution in [0.1, 0.15) is 5.56 Å². The van der Waals surface area contributed by atoms with Crippen molar-refractivity contribution in [1.82, 2.24) is 0 Å². The Morgan fingerprint density at radius 1 is 1.28 bits per heavy atom. The number of hydrogen-bond acceptors (Lipinski definition) is 4. The van der Waals surface area contributed by atoms with Gasteiger partial charge in [-0.2, -0.15) is 0 Å². The third-order valence-electron chi connectivity index (χ3n) is 3.55. The first-order valence-corrected chi connectivity index (χ1v) is 7.57.